The minimum atomic E-state index is 0.0963. The van der Waals surface area contributed by atoms with Gasteiger partial charge in [0.1, 0.15) is 6.33 Å². The lowest BCUT2D eigenvalue weighted by Gasteiger charge is -2.34. The second-order valence-electron chi connectivity index (χ2n) is 5.45. The Hall–Kier alpha value is -1.04. The lowest BCUT2D eigenvalue weighted by atomic mass is 9.78. The monoisotopic (exact) mass is 282 g/mol. The van der Waals surface area contributed by atoms with Crippen molar-refractivity contribution in [1.82, 2.24) is 20.1 Å². The fourth-order valence-corrected chi connectivity index (χ4v) is 3.27. The molecule has 1 aliphatic carbocycles. The molecule has 106 valence electrons. The molecule has 1 fully saturated rings. The molecular weight excluding hydrogens is 260 g/mol. The van der Waals surface area contributed by atoms with Gasteiger partial charge in [-0.3, -0.25) is 4.79 Å². The molecule has 0 unspecified atom stereocenters. The molecule has 1 N–H and O–H groups in total. The maximum absolute atomic E-state index is 12.0. The zero-order valence-electron chi connectivity index (χ0n) is 11.8. The summed E-state index contributed by atoms with van der Waals surface area (Å²) in [5.41, 5.74) is 0. The van der Waals surface area contributed by atoms with E-state index in [1.807, 2.05) is 11.6 Å². The largest absolute Gasteiger partial charge is 0.352 e. The zero-order valence-corrected chi connectivity index (χ0v) is 12.6. The average Bonchev–Trinajstić information content (AvgIpc) is 2.78. The molecule has 1 aromatic rings. The van der Waals surface area contributed by atoms with Crippen LogP contribution in [0.15, 0.2) is 11.5 Å². The van der Waals surface area contributed by atoms with Crippen LogP contribution in [0.5, 0.6) is 0 Å². The standard InChI is InChI=1S/C13H22N4OS/c1-9-5-4-6-11(10(9)2)15-12(18)7-19-13-16-14-8-17(13)3/h8-11H,4-7H2,1-3H3,(H,15,18)/t9-,10+,11-/m0/s1. The Morgan fingerprint density at radius 2 is 2.32 bits per heavy atom. The van der Waals surface area contributed by atoms with Crippen LogP contribution in [0.3, 0.4) is 0 Å². The molecule has 0 saturated heterocycles. The molecule has 0 radical (unpaired) electrons. The Kier molecular flexibility index (Phi) is 4.85. The van der Waals surface area contributed by atoms with E-state index in [9.17, 15) is 4.79 Å². The van der Waals surface area contributed by atoms with E-state index in [-0.39, 0.29) is 5.91 Å². The topological polar surface area (TPSA) is 59.8 Å². The zero-order chi connectivity index (χ0) is 13.8. The highest BCUT2D eigenvalue weighted by Crippen LogP contribution is 2.29. The van der Waals surface area contributed by atoms with Gasteiger partial charge in [0.25, 0.3) is 0 Å². The molecule has 0 spiro atoms. The normalized spacial score (nSPS) is 27.2. The molecule has 2 rings (SSSR count). The SMILES string of the molecule is C[C@H]1[C@@H](NC(=O)CSc2nncn2C)CCC[C@@H]1C. The summed E-state index contributed by atoms with van der Waals surface area (Å²) in [4.78, 5) is 12.0. The third-order valence-corrected chi connectivity index (χ3v) is 5.09. The highest BCUT2D eigenvalue weighted by molar-refractivity contribution is 7.99. The second kappa shape index (κ2) is 6.41. The van der Waals surface area contributed by atoms with E-state index in [1.165, 1.54) is 24.6 Å². The number of thioether (sulfide) groups is 1. The molecule has 1 saturated carbocycles. The number of nitrogens with one attached hydrogen (secondary N) is 1. The minimum Gasteiger partial charge on any atom is -0.352 e. The van der Waals surface area contributed by atoms with E-state index in [2.05, 4.69) is 29.4 Å². The van der Waals surface area contributed by atoms with Gasteiger partial charge in [0.15, 0.2) is 5.16 Å². The van der Waals surface area contributed by atoms with E-state index >= 15 is 0 Å². The highest BCUT2D eigenvalue weighted by atomic mass is 32.2. The summed E-state index contributed by atoms with van der Waals surface area (Å²) in [5.74, 6) is 1.77. The van der Waals surface area contributed by atoms with Crippen molar-refractivity contribution in [2.24, 2.45) is 18.9 Å². The van der Waals surface area contributed by atoms with Crippen molar-refractivity contribution >= 4 is 17.7 Å². The van der Waals surface area contributed by atoms with E-state index in [1.54, 1.807) is 6.33 Å². The van der Waals surface area contributed by atoms with Crippen LogP contribution in [0, 0.1) is 11.8 Å². The van der Waals surface area contributed by atoms with Crippen LogP contribution in [0.25, 0.3) is 0 Å². The lowest BCUT2D eigenvalue weighted by Crippen LogP contribution is -2.44. The molecule has 1 amide bonds. The van der Waals surface area contributed by atoms with Crippen LogP contribution in [0.4, 0.5) is 0 Å². The summed E-state index contributed by atoms with van der Waals surface area (Å²) in [5, 5.41) is 11.7. The van der Waals surface area contributed by atoms with Crippen molar-refractivity contribution in [3.63, 3.8) is 0 Å². The van der Waals surface area contributed by atoms with Gasteiger partial charge in [0.05, 0.1) is 5.75 Å². The first kappa shape index (κ1) is 14.4. The predicted octanol–water partition coefficient (Wildman–Crippen LogP) is 1.85. The number of aromatic nitrogens is 3. The minimum absolute atomic E-state index is 0.0963. The Morgan fingerprint density at radius 1 is 1.53 bits per heavy atom. The number of nitrogens with zero attached hydrogens (tertiary/aromatic N) is 3. The average molecular weight is 282 g/mol. The van der Waals surface area contributed by atoms with Gasteiger partial charge in [-0.15, -0.1) is 10.2 Å². The molecule has 6 heteroatoms. The number of hydrogen-bond donors (Lipinski definition) is 1. The summed E-state index contributed by atoms with van der Waals surface area (Å²) >= 11 is 1.43. The maximum atomic E-state index is 12.0. The van der Waals surface area contributed by atoms with Crippen LogP contribution in [0.1, 0.15) is 33.1 Å². The van der Waals surface area contributed by atoms with Crippen LogP contribution < -0.4 is 5.32 Å². The lowest BCUT2D eigenvalue weighted by molar-refractivity contribution is -0.120. The van der Waals surface area contributed by atoms with E-state index in [0.29, 0.717) is 23.6 Å². The Labute approximate surface area is 118 Å². The molecule has 3 atom stereocenters. The molecule has 19 heavy (non-hydrogen) atoms. The molecule has 0 aromatic carbocycles. The number of hydrogen-bond acceptors (Lipinski definition) is 4. The molecule has 0 aliphatic heterocycles. The highest BCUT2D eigenvalue weighted by Gasteiger charge is 2.28. The Morgan fingerprint density at radius 3 is 3.00 bits per heavy atom. The fourth-order valence-electron chi connectivity index (χ4n) is 2.57. The van der Waals surface area contributed by atoms with Crippen molar-refractivity contribution in [3.05, 3.63) is 6.33 Å². The van der Waals surface area contributed by atoms with Crippen LogP contribution in [-0.2, 0) is 11.8 Å². The smallest absolute Gasteiger partial charge is 0.230 e. The van der Waals surface area contributed by atoms with Gasteiger partial charge < -0.3 is 9.88 Å². The first-order valence-corrected chi connectivity index (χ1v) is 7.82. The Bertz CT molecular complexity index is 434. The van der Waals surface area contributed by atoms with Gasteiger partial charge in [-0.25, -0.2) is 0 Å². The molecule has 1 aliphatic rings. The number of carbonyl (C=O) groups is 1. The summed E-state index contributed by atoms with van der Waals surface area (Å²) < 4.78 is 1.82. The summed E-state index contributed by atoms with van der Waals surface area (Å²) in [7, 11) is 1.88. The molecule has 1 aromatic heterocycles. The number of aryl methyl sites for hydroxylation is 1. The summed E-state index contributed by atoms with van der Waals surface area (Å²) in [6, 6.07) is 0.330. The van der Waals surface area contributed by atoms with Crippen molar-refractivity contribution in [1.29, 1.82) is 0 Å². The van der Waals surface area contributed by atoms with Gasteiger partial charge in [-0.05, 0) is 18.3 Å². The van der Waals surface area contributed by atoms with Crippen LogP contribution in [0.2, 0.25) is 0 Å². The van der Waals surface area contributed by atoms with Gasteiger partial charge in [-0.2, -0.15) is 0 Å². The second-order valence-corrected chi connectivity index (χ2v) is 6.40. The van der Waals surface area contributed by atoms with Crippen molar-refractivity contribution in [3.8, 4) is 0 Å². The molecule has 0 bridgehead atoms. The maximum Gasteiger partial charge on any atom is 0.230 e. The van der Waals surface area contributed by atoms with Gasteiger partial charge in [0, 0.05) is 13.1 Å². The summed E-state index contributed by atoms with van der Waals surface area (Å²) in [6.45, 7) is 4.52. The van der Waals surface area contributed by atoms with Gasteiger partial charge >= 0.3 is 0 Å². The number of carbonyl (C=O) groups excluding carboxylic acids is 1. The van der Waals surface area contributed by atoms with Crippen LogP contribution in [-0.4, -0.2) is 32.5 Å². The quantitative estimate of drug-likeness (QED) is 0.856. The van der Waals surface area contributed by atoms with Gasteiger partial charge in [-0.1, -0.05) is 38.5 Å². The third-order valence-electron chi connectivity index (χ3n) is 4.06. The Balaban J connectivity index is 1.79. The van der Waals surface area contributed by atoms with Crippen molar-refractivity contribution in [2.75, 3.05) is 5.75 Å². The first-order chi connectivity index (χ1) is 9.08. The fraction of sp³-hybridized carbons (Fsp3) is 0.769. The van der Waals surface area contributed by atoms with Crippen molar-refractivity contribution in [2.45, 2.75) is 44.3 Å². The van der Waals surface area contributed by atoms with Crippen molar-refractivity contribution < 1.29 is 4.79 Å². The van der Waals surface area contributed by atoms with E-state index < -0.39 is 0 Å². The van der Waals surface area contributed by atoms with E-state index in [0.717, 1.165) is 11.6 Å². The first-order valence-electron chi connectivity index (χ1n) is 6.84. The summed E-state index contributed by atoms with van der Waals surface area (Å²) in [6.07, 6.45) is 5.24. The van der Waals surface area contributed by atoms with E-state index in [4.69, 9.17) is 0 Å². The predicted molar refractivity (Wildman–Crippen MR) is 75.8 cm³/mol. The van der Waals surface area contributed by atoms with Gasteiger partial charge in [0.2, 0.25) is 5.91 Å². The third kappa shape index (κ3) is 3.72. The van der Waals surface area contributed by atoms with Crippen LogP contribution >= 0.6 is 11.8 Å². The molecular formula is C13H22N4OS. The number of rotatable bonds is 4. The number of amides is 1. The molecule has 5 nitrogen and oxygen atoms in total. The molecule has 1 heterocycles.